The molecule has 0 spiro atoms. The van der Waals surface area contributed by atoms with E-state index in [4.69, 9.17) is 15.2 Å². The Hall–Kier alpha value is -3.20. The van der Waals surface area contributed by atoms with Crippen LogP contribution in [0.1, 0.15) is 11.3 Å². The van der Waals surface area contributed by atoms with Crippen LogP contribution in [0.3, 0.4) is 0 Å². The summed E-state index contributed by atoms with van der Waals surface area (Å²) < 4.78 is 12.2. The molecule has 2 aromatic heterocycles. The van der Waals surface area contributed by atoms with Crippen LogP contribution in [0.4, 0.5) is 5.82 Å². The first-order valence-corrected chi connectivity index (χ1v) is 6.53. The zero-order valence-electron chi connectivity index (χ0n) is 12.2. The highest BCUT2D eigenvalue weighted by atomic mass is 16.5. The number of nitrogen functional groups attached to an aromatic ring is 1. The molecule has 3 rings (SSSR count). The number of methoxy groups -OCH3 is 2. The van der Waals surface area contributed by atoms with E-state index in [1.165, 1.54) is 0 Å². The predicted octanol–water partition coefficient (Wildman–Crippen LogP) is 1.73. The van der Waals surface area contributed by atoms with Crippen molar-refractivity contribution in [3.63, 3.8) is 0 Å². The zero-order chi connectivity index (χ0) is 15.5. The van der Waals surface area contributed by atoms with Crippen molar-refractivity contribution in [1.29, 1.82) is 0 Å². The number of rotatable bonds is 2. The molecular weight excluding hydrogens is 280 g/mol. The fourth-order valence-electron chi connectivity index (χ4n) is 2.08. The molecule has 0 aliphatic rings. The number of hydrogen-bond donors (Lipinski definition) is 1. The largest absolute Gasteiger partial charge is 0.497 e. The van der Waals surface area contributed by atoms with E-state index < -0.39 is 0 Å². The van der Waals surface area contributed by atoms with E-state index in [1.54, 1.807) is 43.4 Å². The average molecular weight is 294 g/mol. The number of hydrogen-bond acceptors (Lipinski definition) is 5. The van der Waals surface area contributed by atoms with Crippen LogP contribution in [0.25, 0.3) is 5.52 Å². The van der Waals surface area contributed by atoms with E-state index in [1.807, 2.05) is 12.1 Å². The summed E-state index contributed by atoms with van der Waals surface area (Å²) in [6.07, 6.45) is 5.05. The number of ether oxygens (including phenoxy) is 2. The van der Waals surface area contributed by atoms with Gasteiger partial charge in [0.15, 0.2) is 5.82 Å². The maximum Gasteiger partial charge on any atom is 0.150 e. The Morgan fingerprint density at radius 2 is 1.77 bits per heavy atom. The summed E-state index contributed by atoms with van der Waals surface area (Å²) in [5.41, 5.74) is 7.92. The third kappa shape index (κ3) is 2.52. The average Bonchev–Trinajstić information content (AvgIpc) is 2.97. The van der Waals surface area contributed by atoms with Crippen LogP contribution in [0.2, 0.25) is 0 Å². The maximum absolute atomic E-state index is 5.88. The lowest BCUT2D eigenvalue weighted by atomic mass is 10.2. The van der Waals surface area contributed by atoms with Gasteiger partial charge in [-0.2, -0.15) is 0 Å². The van der Waals surface area contributed by atoms with Crippen molar-refractivity contribution in [3.8, 4) is 23.3 Å². The molecule has 0 bridgehead atoms. The third-order valence-electron chi connectivity index (χ3n) is 3.15. The number of nitrogens with two attached hydrogens (primary N) is 1. The molecule has 0 fully saturated rings. The van der Waals surface area contributed by atoms with E-state index in [2.05, 4.69) is 21.8 Å². The van der Waals surface area contributed by atoms with Gasteiger partial charge in [-0.25, -0.2) is 9.97 Å². The van der Waals surface area contributed by atoms with Gasteiger partial charge in [-0.15, -0.1) is 0 Å². The van der Waals surface area contributed by atoms with Crippen molar-refractivity contribution >= 4 is 11.3 Å². The number of fused-ring (bicyclic) bond motifs is 1. The maximum atomic E-state index is 5.88. The standard InChI is InChI=1S/C16H14N4O2/c1-21-12-7-11(8-13(9-12)22-2)3-4-14-15-16(17)18-5-6-20(15)10-19-14/h5-10H,1-2H3,(H2,17,18). The summed E-state index contributed by atoms with van der Waals surface area (Å²) in [6, 6.07) is 5.45. The molecule has 3 aromatic rings. The lowest BCUT2D eigenvalue weighted by Gasteiger charge is -2.04. The van der Waals surface area contributed by atoms with Crippen LogP contribution in [0.5, 0.6) is 11.5 Å². The molecule has 0 saturated carbocycles. The van der Waals surface area contributed by atoms with Crippen molar-refractivity contribution in [1.82, 2.24) is 14.4 Å². The number of anilines is 1. The summed E-state index contributed by atoms with van der Waals surface area (Å²) in [7, 11) is 3.20. The van der Waals surface area contributed by atoms with E-state index in [-0.39, 0.29) is 0 Å². The van der Waals surface area contributed by atoms with Crippen molar-refractivity contribution in [2.24, 2.45) is 0 Å². The minimum absolute atomic E-state index is 0.396. The molecule has 22 heavy (non-hydrogen) atoms. The molecule has 0 atom stereocenters. The molecule has 0 radical (unpaired) electrons. The number of aromatic nitrogens is 3. The molecule has 2 N–H and O–H groups in total. The highest BCUT2D eigenvalue weighted by Crippen LogP contribution is 2.22. The summed E-state index contributed by atoms with van der Waals surface area (Å²) in [5.74, 6) is 7.82. The van der Waals surface area contributed by atoms with Gasteiger partial charge in [-0.1, -0.05) is 5.92 Å². The van der Waals surface area contributed by atoms with Gasteiger partial charge in [0.25, 0.3) is 0 Å². The topological polar surface area (TPSA) is 74.7 Å². The Bertz CT molecular complexity index is 868. The highest BCUT2D eigenvalue weighted by molar-refractivity contribution is 5.72. The Kier molecular flexibility index (Phi) is 3.54. The smallest absolute Gasteiger partial charge is 0.150 e. The van der Waals surface area contributed by atoms with Crippen LogP contribution in [-0.4, -0.2) is 28.6 Å². The first-order valence-electron chi connectivity index (χ1n) is 6.53. The van der Waals surface area contributed by atoms with Crippen LogP contribution in [0, 0.1) is 11.8 Å². The monoisotopic (exact) mass is 294 g/mol. The molecule has 0 aliphatic carbocycles. The van der Waals surface area contributed by atoms with Gasteiger partial charge in [0.1, 0.15) is 29.0 Å². The molecule has 110 valence electrons. The number of imidazole rings is 1. The summed E-state index contributed by atoms with van der Waals surface area (Å²) in [6.45, 7) is 0. The number of benzene rings is 1. The lowest BCUT2D eigenvalue weighted by molar-refractivity contribution is 0.394. The van der Waals surface area contributed by atoms with Crippen LogP contribution in [0.15, 0.2) is 36.9 Å². The second-order valence-electron chi connectivity index (χ2n) is 4.51. The van der Waals surface area contributed by atoms with E-state index in [0.717, 1.165) is 5.56 Å². The molecule has 0 aliphatic heterocycles. The first kappa shape index (κ1) is 13.8. The zero-order valence-corrected chi connectivity index (χ0v) is 12.2. The molecule has 1 aromatic carbocycles. The molecule has 6 nitrogen and oxygen atoms in total. The highest BCUT2D eigenvalue weighted by Gasteiger charge is 2.06. The molecular formula is C16H14N4O2. The van der Waals surface area contributed by atoms with Gasteiger partial charge < -0.3 is 19.6 Å². The van der Waals surface area contributed by atoms with Crippen molar-refractivity contribution in [2.45, 2.75) is 0 Å². The Labute approximate surface area is 127 Å². The molecule has 6 heteroatoms. The quantitative estimate of drug-likeness (QED) is 0.729. The van der Waals surface area contributed by atoms with E-state index in [0.29, 0.717) is 28.5 Å². The second-order valence-corrected chi connectivity index (χ2v) is 4.51. The SMILES string of the molecule is COc1cc(C#Cc2ncn3ccnc(N)c23)cc(OC)c1. The van der Waals surface area contributed by atoms with E-state index in [9.17, 15) is 0 Å². The van der Waals surface area contributed by atoms with Gasteiger partial charge in [-0.3, -0.25) is 0 Å². The van der Waals surface area contributed by atoms with Gasteiger partial charge >= 0.3 is 0 Å². The van der Waals surface area contributed by atoms with Crippen molar-refractivity contribution < 1.29 is 9.47 Å². The molecule has 0 unspecified atom stereocenters. The summed E-state index contributed by atoms with van der Waals surface area (Å²) >= 11 is 0. The van der Waals surface area contributed by atoms with Crippen LogP contribution in [-0.2, 0) is 0 Å². The van der Waals surface area contributed by atoms with Crippen LogP contribution < -0.4 is 15.2 Å². The van der Waals surface area contributed by atoms with Gasteiger partial charge in [-0.05, 0) is 18.1 Å². The minimum Gasteiger partial charge on any atom is -0.497 e. The summed E-state index contributed by atoms with van der Waals surface area (Å²) in [5, 5.41) is 0. The van der Waals surface area contributed by atoms with Crippen molar-refractivity contribution in [3.05, 3.63) is 48.2 Å². The van der Waals surface area contributed by atoms with E-state index >= 15 is 0 Å². The predicted molar refractivity (Wildman–Crippen MR) is 82.9 cm³/mol. The Balaban J connectivity index is 2.05. The van der Waals surface area contributed by atoms with Gasteiger partial charge in [0.2, 0.25) is 0 Å². The Morgan fingerprint density at radius 1 is 1.05 bits per heavy atom. The normalized spacial score (nSPS) is 10.1. The Morgan fingerprint density at radius 3 is 2.45 bits per heavy atom. The second kappa shape index (κ2) is 5.66. The van der Waals surface area contributed by atoms with Crippen molar-refractivity contribution in [2.75, 3.05) is 20.0 Å². The molecule has 0 saturated heterocycles. The summed E-state index contributed by atoms with van der Waals surface area (Å²) in [4.78, 5) is 8.32. The van der Waals surface area contributed by atoms with Gasteiger partial charge in [0, 0.05) is 24.0 Å². The molecule has 2 heterocycles. The third-order valence-corrected chi connectivity index (χ3v) is 3.15. The molecule has 0 amide bonds. The fraction of sp³-hybridized carbons (Fsp3) is 0.125. The fourth-order valence-corrected chi connectivity index (χ4v) is 2.08. The van der Waals surface area contributed by atoms with Gasteiger partial charge in [0.05, 0.1) is 14.2 Å². The first-order chi connectivity index (χ1) is 10.7. The lowest BCUT2D eigenvalue weighted by Crippen LogP contribution is -1.95. The minimum atomic E-state index is 0.396. The van der Waals surface area contributed by atoms with Crippen LogP contribution >= 0.6 is 0 Å². The number of nitrogens with zero attached hydrogens (tertiary/aromatic N) is 3.